The van der Waals surface area contributed by atoms with Gasteiger partial charge in [-0.3, -0.25) is 10.1 Å². The number of hydrogen-bond acceptors (Lipinski definition) is 7. The molecule has 0 N–H and O–H groups in total. The third-order valence-electron chi connectivity index (χ3n) is 3.80. The molecule has 27 heavy (non-hydrogen) atoms. The van der Waals surface area contributed by atoms with E-state index >= 15 is 0 Å². The van der Waals surface area contributed by atoms with Crippen LogP contribution in [0, 0.1) is 15.9 Å². The summed E-state index contributed by atoms with van der Waals surface area (Å²) in [6.45, 7) is 0. The number of nitro benzene ring substituents is 1. The van der Waals surface area contributed by atoms with Gasteiger partial charge in [-0.15, -0.1) is 10.2 Å². The number of nitro groups is 1. The number of para-hydroxylation sites is 1. The number of rotatable bonds is 6. The summed E-state index contributed by atoms with van der Waals surface area (Å²) in [5, 5.41) is 19.9. The fraction of sp³-hybridized carbons (Fsp3) is 0.176. The second kappa shape index (κ2) is 7.62. The van der Waals surface area contributed by atoms with Crippen LogP contribution in [-0.4, -0.2) is 33.9 Å². The standard InChI is InChI=1S/C17H15FN4O4S/c1-21-16(11-6-4-5-7-13(11)26-3)19-20-17(21)27-14-9-10(25-2)8-12(18)15(14)22(23)24/h4-9H,1-3H3. The Morgan fingerprint density at radius 2 is 1.93 bits per heavy atom. The lowest BCUT2D eigenvalue weighted by molar-refractivity contribution is -0.390. The predicted molar refractivity (Wildman–Crippen MR) is 96.7 cm³/mol. The first-order valence-electron chi connectivity index (χ1n) is 7.68. The Morgan fingerprint density at radius 3 is 2.59 bits per heavy atom. The Labute approximate surface area is 158 Å². The van der Waals surface area contributed by atoms with Crippen molar-refractivity contribution in [3.05, 3.63) is 52.3 Å². The molecule has 0 aliphatic heterocycles. The molecule has 3 aromatic rings. The maximum absolute atomic E-state index is 14.1. The van der Waals surface area contributed by atoms with Gasteiger partial charge in [0.2, 0.25) is 5.82 Å². The highest BCUT2D eigenvalue weighted by Crippen LogP contribution is 2.39. The van der Waals surface area contributed by atoms with Gasteiger partial charge in [0.15, 0.2) is 11.0 Å². The Hall–Kier alpha value is -3.14. The Balaban J connectivity index is 2.05. The van der Waals surface area contributed by atoms with Gasteiger partial charge >= 0.3 is 5.69 Å². The first kappa shape index (κ1) is 18.6. The van der Waals surface area contributed by atoms with Crippen molar-refractivity contribution >= 4 is 17.4 Å². The van der Waals surface area contributed by atoms with Crippen LogP contribution in [0.15, 0.2) is 46.5 Å². The van der Waals surface area contributed by atoms with E-state index in [0.717, 1.165) is 17.8 Å². The maximum Gasteiger partial charge on any atom is 0.318 e. The molecule has 0 amide bonds. The third-order valence-corrected chi connectivity index (χ3v) is 4.87. The molecule has 0 fully saturated rings. The van der Waals surface area contributed by atoms with Gasteiger partial charge in [-0.1, -0.05) is 12.1 Å². The molecule has 1 aromatic heterocycles. The van der Waals surface area contributed by atoms with E-state index in [1.807, 2.05) is 18.2 Å². The van der Waals surface area contributed by atoms with Gasteiger partial charge in [-0.25, -0.2) is 0 Å². The van der Waals surface area contributed by atoms with E-state index in [1.165, 1.54) is 13.2 Å². The molecule has 0 saturated carbocycles. The minimum absolute atomic E-state index is 0.0685. The van der Waals surface area contributed by atoms with Crippen molar-refractivity contribution in [3.63, 3.8) is 0 Å². The molecule has 0 saturated heterocycles. The van der Waals surface area contributed by atoms with E-state index in [1.54, 1.807) is 24.8 Å². The molecule has 8 nitrogen and oxygen atoms in total. The van der Waals surface area contributed by atoms with Crippen LogP contribution in [0.3, 0.4) is 0 Å². The molecule has 0 aliphatic carbocycles. The zero-order chi connectivity index (χ0) is 19.6. The molecular weight excluding hydrogens is 375 g/mol. The summed E-state index contributed by atoms with van der Waals surface area (Å²) in [5.74, 6) is 0.325. The van der Waals surface area contributed by atoms with Gasteiger partial charge in [0.1, 0.15) is 11.5 Å². The zero-order valence-electron chi connectivity index (χ0n) is 14.7. The number of aromatic nitrogens is 3. The van der Waals surface area contributed by atoms with E-state index in [4.69, 9.17) is 9.47 Å². The number of ether oxygens (including phenoxy) is 2. The van der Waals surface area contributed by atoms with Crippen molar-refractivity contribution in [2.24, 2.45) is 7.05 Å². The average molecular weight is 390 g/mol. The number of halogens is 1. The van der Waals surface area contributed by atoms with Crippen molar-refractivity contribution in [2.75, 3.05) is 14.2 Å². The Kier molecular flexibility index (Phi) is 5.26. The van der Waals surface area contributed by atoms with Crippen LogP contribution in [0.2, 0.25) is 0 Å². The topological polar surface area (TPSA) is 92.3 Å². The lowest BCUT2D eigenvalue weighted by Crippen LogP contribution is -1.99. The quantitative estimate of drug-likeness (QED) is 0.468. The van der Waals surface area contributed by atoms with Crippen molar-refractivity contribution in [1.29, 1.82) is 0 Å². The fourth-order valence-corrected chi connectivity index (χ4v) is 3.43. The van der Waals surface area contributed by atoms with E-state index in [9.17, 15) is 14.5 Å². The monoisotopic (exact) mass is 390 g/mol. The molecule has 2 aromatic carbocycles. The first-order chi connectivity index (χ1) is 13.0. The summed E-state index contributed by atoms with van der Waals surface area (Å²) in [6, 6.07) is 9.64. The number of hydrogen-bond donors (Lipinski definition) is 0. The first-order valence-corrected chi connectivity index (χ1v) is 8.50. The fourth-order valence-electron chi connectivity index (χ4n) is 2.49. The molecule has 0 spiro atoms. The van der Waals surface area contributed by atoms with Crippen LogP contribution in [0.1, 0.15) is 0 Å². The normalized spacial score (nSPS) is 10.7. The molecular formula is C17H15FN4O4S. The molecule has 140 valence electrons. The van der Waals surface area contributed by atoms with Crippen LogP contribution in [0.5, 0.6) is 11.5 Å². The smallest absolute Gasteiger partial charge is 0.318 e. The highest BCUT2D eigenvalue weighted by molar-refractivity contribution is 7.99. The van der Waals surface area contributed by atoms with Gasteiger partial charge in [0.25, 0.3) is 0 Å². The van der Waals surface area contributed by atoms with Crippen LogP contribution < -0.4 is 9.47 Å². The van der Waals surface area contributed by atoms with Gasteiger partial charge in [-0.05, 0) is 23.9 Å². The largest absolute Gasteiger partial charge is 0.497 e. The van der Waals surface area contributed by atoms with Gasteiger partial charge < -0.3 is 14.0 Å². The van der Waals surface area contributed by atoms with Gasteiger partial charge in [0.05, 0.1) is 29.6 Å². The maximum atomic E-state index is 14.1. The van der Waals surface area contributed by atoms with E-state index in [-0.39, 0.29) is 10.6 Å². The van der Waals surface area contributed by atoms with Crippen molar-refractivity contribution in [3.8, 4) is 22.9 Å². The van der Waals surface area contributed by atoms with Gasteiger partial charge in [0, 0.05) is 19.2 Å². The predicted octanol–water partition coefficient (Wildman–Crippen LogP) is 3.70. The highest BCUT2D eigenvalue weighted by atomic mass is 32.2. The average Bonchev–Trinajstić information content (AvgIpc) is 3.01. The van der Waals surface area contributed by atoms with Crippen molar-refractivity contribution in [1.82, 2.24) is 14.8 Å². The second-order valence-corrected chi connectivity index (χ2v) is 6.39. The molecule has 10 heteroatoms. The second-order valence-electron chi connectivity index (χ2n) is 5.38. The molecule has 0 unspecified atom stereocenters. The molecule has 0 bridgehead atoms. The zero-order valence-corrected chi connectivity index (χ0v) is 15.5. The van der Waals surface area contributed by atoms with Crippen LogP contribution >= 0.6 is 11.8 Å². The van der Waals surface area contributed by atoms with Crippen molar-refractivity contribution < 1.29 is 18.8 Å². The Morgan fingerprint density at radius 1 is 1.19 bits per heavy atom. The SMILES string of the molecule is COc1cc(F)c([N+](=O)[O-])c(Sc2nnc(-c3ccccc3OC)n2C)c1. The molecule has 0 atom stereocenters. The molecule has 0 aliphatic rings. The summed E-state index contributed by atoms with van der Waals surface area (Å²) in [6.07, 6.45) is 0. The minimum atomic E-state index is -0.978. The summed E-state index contributed by atoms with van der Waals surface area (Å²) in [7, 11) is 4.62. The van der Waals surface area contributed by atoms with Crippen molar-refractivity contribution in [2.45, 2.75) is 10.1 Å². The minimum Gasteiger partial charge on any atom is -0.497 e. The summed E-state index contributed by atoms with van der Waals surface area (Å²) in [5.41, 5.74) is 0.0795. The molecule has 3 rings (SSSR count). The Bertz CT molecular complexity index is 1010. The number of methoxy groups -OCH3 is 2. The van der Waals surface area contributed by atoms with E-state index < -0.39 is 16.4 Å². The highest BCUT2D eigenvalue weighted by Gasteiger charge is 2.25. The summed E-state index contributed by atoms with van der Waals surface area (Å²) < 4.78 is 26.1. The van der Waals surface area contributed by atoms with E-state index in [0.29, 0.717) is 22.3 Å². The van der Waals surface area contributed by atoms with E-state index in [2.05, 4.69) is 10.2 Å². The number of benzene rings is 2. The number of nitrogens with zero attached hydrogens (tertiary/aromatic N) is 4. The molecule has 0 radical (unpaired) electrons. The lowest BCUT2D eigenvalue weighted by atomic mass is 10.2. The third kappa shape index (κ3) is 3.56. The lowest BCUT2D eigenvalue weighted by Gasteiger charge is -2.09. The van der Waals surface area contributed by atoms with Gasteiger partial charge in [-0.2, -0.15) is 4.39 Å². The van der Waals surface area contributed by atoms with Crippen LogP contribution in [0.25, 0.3) is 11.4 Å². The van der Waals surface area contributed by atoms with Crippen LogP contribution in [-0.2, 0) is 7.05 Å². The summed E-state index contributed by atoms with van der Waals surface area (Å²) >= 11 is 0.929. The summed E-state index contributed by atoms with van der Waals surface area (Å²) in [4.78, 5) is 10.6. The molecule has 1 heterocycles. The van der Waals surface area contributed by atoms with Crippen LogP contribution in [0.4, 0.5) is 10.1 Å².